The summed E-state index contributed by atoms with van der Waals surface area (Å²) < 4.78 is 4.96. The van der Waals surface area contributed by atoms with Gasteiger partial charge >= 0.3 is 0 Å². The van der Waals surface area contributed by atoms with Gasteiger partial charge in [-0.3, -0.25) is 14.5 Å². The Morgan fingerprint density at radius 2 is 2.12 bits per heavy atom. The third-order valence-electron chi connectivity index (χ3n) is 3.97. The molecule has 1 aliphatic rings. The van der Waals surface area contributed by atoms with E-state index < -0.39 is 0 Å². The average molecular weight is 348 g/mol. The number of hydrogen-bond acceptors (Lipinski definition) is 6. The zero-order chi connectivity index (χ0) is 16.9. The fourth-order valence-electron chi connectivity index (χ4n) is 2.63. The van der Waals surface area contributed by atoms with Crippen molar-refractivity contribution >= 4 is 23.2 Å². The van der Waals surface area contributed by atoms with Crippen LogP contribution in [0.1, 0.15) is 25.9 Å². The molecule has 0 radical (unpaired) electrons. The molecule has 0 aromatic carbocycles. The Kier molecular flexibility index (Phi) is 5.27. The van der Waals surface area contributed by atoms with Gasteiger partial charge in [-0.05, 0) is 18.4 Å². The molecular weight excluding hydrogens is 328 g/mol. The molecule has 2 aromatic rings. The van der Waals surface area contributed by atoms with Gasteiger partial charge in [-0.1, -0.05) is 11.2 Å². The average Bonchev–Trinajstić information content (AvgIpc) is 3.26. The fraction of sp³-hybridized carbons (Fsp3) is 0.438. The number of nitrogens with one attached hydrogen (secondary N) is 1. The van der Waals surface area contributed by atoms with E-state index in [4.69, 9.17) is 4.52 Å². The highest BCUT2D eigenvalue weighted by Crippen LogP contribution is 2.10. The number of nitrogens with zero attached hydrogens (tertiary/aromatic N) is 3. The summed E-state index contributed by atoms with van der Waals surface area (Å²) in [4.78, 5) is 28.9. The second-order valence-corrected chi connectivity index (χ2v) is 6.64. The van der Waals surface area contributed by atoms with Crippen LogP contribution in [0, 0.1) is 6.92 Å². The van der Waals surface area contributed by atoms with Crippen LogP contribution < -0.4 is 5.32 Å². The molecule has 3 rings (SSSR count). The van der Waals surface area contributed by atoms with Crippen molar-refractivity contribution in [2.75, 3.05) is 39.3 Å². The summed E-state index contributed by atoms with van der Waals surface area (Å²) in [5.41, 5.74) is 0.365. The number of thiophene rings is 1. The second-order valence-electron chi connectivity index (χ2n) is 5.69. The number of aromatic nitrogens is 1. The molecule has 1 fully saturated rings. The zero-order valence-corrected chi connectivity index (χ0v) is 14.3. The van der Waals surface area contributed by atoms with Crippen molar-refractivity contribution in [3.8, 4) is 0 Å². The van der Waals surface area contributed by atoms with Crippen LogP contribution in [0.2, 0.25) is 0 Å². The lowest BCUT2D eigenvalue weighted by molar-refractivity contribution is 0.0628. The van der Waals surface area contributed by atoms with Gasteiger partial charge in [0.25, 0.3) is 11.8 Å². The lowest BCUT2D eigenvalue weighted by Gasteiger charge is -2.34. The Balaban J connectivity index is 1.39. The predicted molar refractivity (Wildman–Crippen MR) is 90.2 cm³/mol. The summed E-state index contributed by atoms with van der Waals surface area (Å²) in [7, 11) is 0. The number of piperazine rings is 1. The highest BCUT2D eigenvalue weighted by atomic mass is 32.1. The number of carbonyl (C=O) groups excluding carboxylic acids is 2. The standard InChI is InChI=1S/C16H20N4O3S/c1-12-11-13(18-23-12)16(22)20-8-6-19(7-9-20)5-4-17-15(21)14-3-2-10-24-14/h2-3,10-11H,4-9H2,1H3,(H,17,21). The molecule has 7 nitrogen and oxygen atoms in total. The number of aryl methyl sites for hydroxylation is 1. The Labute approximate surface area is 144 Å². The molecule has 128 valence electrons. The van der Waals surface area contributed by atoms with E-state index in [9.17, 15) is 9.59 Å². The van der Waals surface area contributed by atoms with Gasteiger partial charge in [0.1, 0.15) is 5.76 Å². The normalized spacial score (nSPS) is 15.5. The van der Waals surface area contributed by atoms with Gasteiger partial charge in [0, 0.05) is 45.3 Å². The Hall–Kier alpha value is -2.19. The minimum atomic E-state index is -0.0856. The maximum Gasteiger partial charge on any atom is 0.276 e. The minimum absolute atomic E-state index is 0.0276. The Morgan fingerprint density at radius 1 is 1.33 bits per heavy atom. The summed E-state index contributed by atoms with van der Waals surface area (Å²) in [6.07, 6.45) is 0. The van der Waals surface area contributed by atoms with E-state index in [2.05, 4.69) is 15.4 Å². The first-order valence-corrected chi connectivity index (χ1v) is 8.78. The summed E-state index contributed by atoms with van der Waals surface area (Å²) in [6.45, 7) is 6.05. The highest BCUT2D eigenvalue weighted by molar-refractivity contribution is 7.12. The maximum absolute atomic E-state index is 12.3. The van der Waals surface area contributed by atoms with Crippen LogP contribution in [0.5, 0.6) is 0 Å². The molecule has 0 spiro atoms. The summed E-state index contributed by atoms with van der Waals surface area (Å²) in [5.74, 6) is 0.524. The first-order valence-electron chi connectivity index (χ1n) is 7.90. The molecule has 1 N–H and O–H groups in total. The van der Waals surface area contributed by atoms with Crippen LogP contribution in [0.15, 0.2) is 28.1 Å². The molecule has 0 aliphatic carbocycles. The van der Waals surface area contributed by atoms with Crippen molar-refractivity contribution in [2.24, 2.45) is 0 Å². The molecule has 0 atom stereocenters. The van der Waals surface area contributed by atoms with Gasteiger partial charge in [0.05, 0.1) is 4.88 Å². The third kappa shape index (κ3) is 4.01. The van der Waals surface area contributed by atoms with Gasteiger partial charge in [-0.25, -0.2) is 0 Å². The van der Waals surface area contributed by atoms with Crippen molar-refractivity contribution in [2.45, 2.75) is 6.92 Å². The number of amides is 2. The van der Waals surface area contributed by atoms with Gasteiger partial charge < -0.3 is 14.7 Å². The number of rotatable bonds is 5. The Bertz CT molecular complexity index is 690. The molecule has 0 saturated carbocycles. The molecule has 2 aromatic heterocycles. The molecule has 2 amide bonds. The van der Waals surface area contributed by atoms with Crippen LogP contribution in [0.3, 0.4) is 0 Å². The van der Waals surface area contributed by atoms with Crippen LogP contribution in [0.4, 0.5) is 0 Å². The first-order chi connectivity index (χ1) is 11.6. The molecule has 8 heteroatoms. The molecule has 1 aliphatic heterocycles. The molecule has 24 heavy (non-hydrogen) atoms. The van der Waals surface area contributed by atoms with E-state index in [1.165, 1.54) is 11.3 Å². The quantitative estimate of drug-likeness (QED) is 0.879. The minimum Gasteiger partial charge on any atom is -0.361 e. The van der Waals surface area contributed by atoms with E-state index in [0.717, 1.165) is 24.5 Å². The summed E-state index contributed by atoms with van der Waals surface area (Å²) in [5, 5.41) is 8.59. The molecule has 0 bridgehead atoms. The number of hydrogen-bond donors (Lipinski definition) is 1. The van der Waals surface area contributed by atoms with Gasteiger partial charge in [-0.15, -0.1) is 11.3 Å². The molecular formula is C16H20N4O3S. The predicted octanol–water partition coefficient (Wildman–Crippen LogP) is 1.23. The Morgan fingerprint density at radius 3 is 2.75 bits per heavy atom. The maximum atomic E-state index is 12.3. The smallest absolute Gasteiger partial charge is 0.276 e. The van der Waals surface area contributed by atoms with Gasteiger partial charge in [-0.2, -0.15) is 0 Å². The van der Waals surface area contributed by atoms with Crippen molar-refractivity contribution in [3.05, 3.63) is 39.9 Å². The fourth-order valence-corrected chi connectivity index (χ4v) is 3.27. The van der Waals surface area contributed by atoms with Crippen LogP contribution in [-0.4, -0.2) is 66.0 Å². The van der Waals surface area contributed by atoms with E-state index in [1.54, 1.807) is 17.9 Å². The van der Waals surface area contributed by atoms with Crippen molar-refractivity contribution < 1.29 is 14.1 Å². The monoisotopic (exact) mass is 348 g/mol. The van der Waals surface area contributed by atoms with Crippen molar-refractivity contribution in [3.63, 3.8) is 0 Å². The van der Waals surface area contributed by atoms with E-state index in [-0.39, 0.29) is 11.8 Å². The lowest BCUT2D eigenvalue weighted by atomic mass is 10.2. The molecule has 3 heterocycles. The molecule has 1 saturated heterocycles. The zero-order valence-electron chi connectivity index (χ0n) is 13.5. The summed E-state index contributed by atoms with van der Waals surface area (Å²) in [6, 6.07) is 5.34. The lowest BCUT2D eigenvalue weighted by Crippen LogP contribution is -2.50. The van der Waals surface area contributed by atoms with E-state index >= 15 is 0 Å². The molecule has 0 unspecified atom stereocenters. The van der Waals surface area contributed by atoms with Gasteiger partial charge in [0.15, 0.2) is 5.69 Å². The first kappa shape index (κ1) is 16.7. The van der Waals surface area contributed by atoms with Crippen molar-refractivity contribution in [1.82, 2.24) is 20.3 Å². The highest BCUT2D eigenvalue weighted by Gasteiger charge is 2.24. The largest absolute Gasteiger partial charge is 0.361 e. The van der Waals surface area contributed by atoms with Gasteiger partial charge in [0.2, 0.25) is 0 Å². The topological polar surface area (TPSA) is 78.7 Å². The SMILES string of the molecule is Cc1cc(C(=O)N2CCN(CCNC(=O)c3cccs3)CC2)no1. The van der Waals surface area contributed by atoms with E-state index in [0.29, 0.717) is 31.1 Å². The van der Waals surface area contributed by atoms with Crippen LogP contribution >= 0.6 is 11.3 Å². The summed E-state index contributed by atoms with van der Waals surface area (Å²) >= 11 is 1.44. The number of carbonyl (C=O) groups is 2. The second kappa shape index (κ2) is 7.59. The van der Waals surface area contributed by atoms with Crippen molar-refractivity contribution in [1.29, 1.82) is 0 Å². The third-order valence-corrected chi connectivity index (χ3v) is 4.83. The van der Waals surface area contributed by atoms with Crippen LogP contribution in [-0.2, 0) is 0 Å². The van der Waals surface area contributed by atoms with Crippen LogP contribution in [0.25, 0.3) is 0 Å². The van der Waals surface area contributed by atoms with E-state index in [1.807, 2.05) is 17.5 Å².